The van der Waals surface area contributed by atoms with Gasteiger partial charge in [-0.1, -0.05) is 152 Å². The fourth-order valence-corrected chi connectivity index (χ4v) is 12.8. The molecule has 9 aromatic carbocycles. The molecule has 0 N–H and O–H groups in total. The van der Waals surface area contributed by atoms with Gasteiger partial charge >= 0.3 is 0 Å². The fraction of sp³-hybridized carbons (Fsp3) is 0.0746. The molecule has 336 valence electrons. The normalized spacial score (nSPS) is 17.0. The number of nitrogens with zero attached hydrogens (tertiary/aromatic N) is 4. The second-order valence-electron chi connectivity index (χ2n) is 19.8. The van der Waals surface area contributed by atoms with Gasteiger partial charge in [0, 0.05) is 66.5 Å². The van der Waals surface area contributed by atoms with Crippen molar-refractivity contribution in [2.45, 2.75) is 31.2 Å². The molecule has 0 saturated heterocycles. The third-order valence-electron chi connectivity index (χ3n) is 15.9. The second-order valence-corrected chi connectivity index (χ2v) is 19.8. The summed E-state index contributed by atoms with van der Waals surface area (Å²) in [5.74, 6) is 0. The molecular weight excluding hydrogens is 861 g/mol. The maximum Gasteiger partial charge on any atom is 0.0655 e. The van der Waals surface area contributed by atoms with Gasteiger partial charge in [0.15, 0.2) is 0 Å². The minimum Gasteiger partial charge on any atom is -0.333 e. The van der Waals surface area contributed by atoms with E-state index in [2.05, 4.69) is 268 Å². The van der Waals surface area contributed by atoms with Gasteiger partial charge in [-0.3, -0.25) is 0 Å². The SMILES string of the molecule is CC12C=CC=CC1N(c1cccc(-c3cccc(-n4c5ccccc5c5ccccc54)c3)c1)c1cccc(-c3ccc4c5c(n(-c6ccc(-n7c8ccccc8c8ccccc87)cc6)c4c3)C=CCC5)c12. The zero-order valence-electron chi connectivity index (χ0n) is 39.4. The Kier molecular flexibility index (Phi) is 8.65. The average Bonchev–Trinajstić information content (AvgIpc) is 4.14. The molecule has 0 radical (unpaired) electrons. The lowest BCUT2D eigenvalue weighted by molar-refractivity contribution is 0.552. The third kappa shape index (κ3) is 5.85. The van der Waals surface area contributed by atoms with Crippen molar-refractivity contribution < 1.29 is 0 Å². The van der Waals surface area contributed by atoms with Crippen molar-refractivity contribution in [2.24, 2.45) is 0 Å². The standard InChI is InChI=1S/C67H48N4/c1-67-40-13-12-33-65(67)71(50-20-15-18-45(42-50)44-17-14-19-49(41-44)70-61-30-10-4-23-54(61)55-24-5-11-31-62(55)70)63-32-16-26-51(66(63)67)46-34-39-57-56-25-6-9-29-60(56)69(64(57)43-46)48-37-35-47(36-38-48)68-58-27-7-2-21-52(58)53-22-3-8-28-59(53)68/h2-5,7-24,26-43,65H,6,25H2,1H3. The first-order valence-corrected chi connectivity index (χ1v) is 25.0. The van der Waals surface area contributed by atoms with Crippen molar-refractivity contribution in [3.05, 3.63) is 253 Å². The van der Waals surface area contributed by atoms with Gasteiger partial charge in [-0.05, 0) is 144 Å². The highest BCUT2D eigenvalue weighted by Gasteiger charge is 2.48. The minimum atomic E-state index is -0.269. The summed E-state index contributed by atoms with van der Waals surface area (Å²) >= 11 is 0. The molecule has 0 fully saturated rings. The number of anilines is 2. The predicted octanol–water partition coefficient (Wildman–Crippen LogP) is 17.0. The monoisotopic (exact) mass is 908 g/mol. The Morgan fingerprint density at radius 2 is 1.00 bits per heavy atom. The Morgan fingerprint density at radius 3 is 1.65 bits per heavy atom. The van der Waals surface area contributed by atoms with E-state index in [-0.39, 0.29) is 11.5 Å². The van der Waals surface area contributed by atoms with Crippen LogP contribution >= 0.6 is 0 Å². The van der Waals surface area contributed by atoms with Crippen LogP contribution in [0.25, 0.3) is 99.9 Å². The van der Waals surface area contributed by atoms with Gasteiger partial charge in [0.25, 0.3) is 0 Å². The van der Waals surface area contributed by atoms with Crippen LogP contribution in [0.2, 0.25) is 0 Å². The minimum absolute atomic E-state index is 0.0981. The maximum atomic E-state index is 2.59. The predicted molar refractivity (Wildman–Crippen MR) is 298 cm³/mol. The number of fused-ring (bicyclic) bond motifs is 12. The van der Waals surface area contributed by atoms with Crippen molar-refractivity contribution in [1.82, 2.24) is 13.7 Å². The number of para-hydroxylation sites is 4. The van der Waals surface area contributed by atoms with Crippen molar-refractivity contribution >= 4 is 72.0 Å². The summed E-state index contributed by atoms with van der Waals surface area (Å²) in [6.45, 7) is 2.43. The molecule has 3 aromatic heterocycles. The fourth-order valence-electron chi connectivity index (χ4n) is 12.8. The van der Waals surface area contributed by atoms with Gasteiger partial charge in [-0.15, -0.1) is 0 Å². The lowest BCUT2D eigenvalue weighted by Gasteiger charge is -2.35. The number of hydrogen-bond donors (Lipinski definition) is 0. The summed E-state index contributed by atoms with van der Waals surface area (Å²) in [5, 5.41) is 6.42. The second kappa shape index (κ2) is 15.3. The molecule has 2 atom stereocenters. The molecule has 0 saturated carbocycles. The zero-order chi connectivity index (χ0) is 46.8. The van der Waals surface area contributed by atoms with Gasteiger partial charge in [0.1, 0.15) is 0 Å². The third-order valence-corrected chi connectivity index (χ3v) is 15.9. The van der Waals surface area contributed by atoms with Gasteiger partial charge in [0.2, 0.25) is 0 Å². The molecule has 4 heteroatoms. The van der Waals surface area contributed by atoms with Gasteiger partial charge < -0.3 is 18.6 Å². The number of allylic oxidation sites excluding steroid dienone is 3. The van der Waals surface area contributed by atoms with Crippen LogP contribution in [-0.4, -0.2) is 19.7 Å². The molecule has 12 aromatic rings. The van der Waals surface area contributed by atoms with E-state index >= 15 is 0 Å². The van der Waals surface area contributed by atoms with Crippen LogP contribution in [0.3, 0.4) is 0 Å². The molecule has 2 aliphatic carbocycles. The van der Waals surface area contributed by atoms with E-state index in [1.54, 1.807) is 0 Å². The highest BCUT2D eigenvalue weighted by molar-refractivity contribution is 6.10. The Labute approximate surface area is 412 Å². The van der Waals surface area contributed by atoms with Crippen LogP contribution in [0.4, 0.5) is 11.4 Å². The first-order chi connectivity index (χ1) is 35.1. The first kappa shape index (κ1) is 40.1. The summed E-state index contributed by atoms with van der Waals surface area (Å²) in [4.78, 5) is 2.59. The molecule has 0 spiro atoms. The smallest absolute Gasteiger partial charge is 0.0655 e. The van der Waals surface area contributed by atoms with Crippen LogP contribution in [-0.2, 0) is 11.8 Å². The Morgan fingerprint density at radius 1 is 0.437 bits per heavy atom. The van der Waals surface area contributed by atoms with Crippen LogP contribution in [0, 0.1) is 0 Å². The summed E-state index contributed by atoms with van der Waals surface area (Å²) < 4.78 is 7.31. The Balaban J connectivity index is 0.840. The number of hydrogen-bond acceptors (Lipinski definition) is 1. The van der Waals surface area contributed by atoms with Gasteiger partial charge in [-0.2, -0.15) is 0 Å². The molecule has 3 aliphatic rings. The van der Waals surface area contributed by atoms with Crippen LogP contribution in [0.1, 0.15) is 30.2 Å². The first-order valence-electron chi connectivity index (χ1n) is 25.0. The summed E-state index contributed by atoms with van der Waals surface area (Å²) in [6.07, 6.45) is 16.1. The van der Waals surface area contributed by atoms with Gasteiger partial charge in [-0.25, -0.2) is 0 Å². The summed E-state index contributed by atoms with van der Waals surface area (Å²) in [7, 11) is 0. The van der Waals surface area contributed by atoms with E-state index in [0.717, 1.165) is 24.2 Å². The van der Waals surface area contributed by atoms with Gasteiger partial charge in [0.05, 0.1) is 33.6 Å². The molecule has 15 rings (SSSR count). The van der Waals surface area contributed by atoms with Crippen LogP contribution in [0.15, 0.2) is 237 Å². The lowest BCUT2D eigenvalue weighted by atomic mass is 9.73. The topological polar surface area (TPSA) is 18.0 Å². The molecule has 2 unspecified atom stereocenters. The lowest BCUT2D eigenvalue weighted by Crippen LogP contribution is -2.39. The number of aromatic nitrogens is 3. The van der Waals surface area contributed by atoms with E-state index in [4.69, 9.17) is 0 Å². The molecule has 0 amide bonds. The molecular formula is C67H48N4. The number of benzene rings is 9. The highest BCUT2D eigenvalue weighted by Crippen LogP contribution is 2.55. The average molecular weight is 909 g/mol. The summed E-state index contributed by atoms with van der Waals surface area (Å²) in [5.41, 5.74) is 20.7. The molecule has 0 bridgehead atoms. The van der Waals surface area contributed by atoms with E-state index in [0.29, 0.717) is 0 Å². The van der Waals surface area contributed by atoms with Crippen molar-refractivity contribution in [3.63, 3.8) is 0 Å². The number of rotatable bonds is 6. The van der Waals surface area contributed by atoms with E-state index in [9.17, 15) is 0 Å². The van der Waals surface area contributed by atoms with Crippen molar-refractivity contribution in [1.29, 1.82) is 0 Å². The quantitative estimate of drug-likeness (QED) is 0.163. The molecule has 4 nitrogen and oxygen atoms in total. The number of aryl methyl sites for hydroxylation is 1. The van der Waals surface area contributed by atoms with Crippen molar-refractivity contribution in [3.8, 4) is 39.3 Å². The summed E-state index contributed by atoms with van der Waals surface area (Å²) in [6, 6.07) is 76.7. The van der Waals surface area contributed by atoms with Crippen LogP contribution < -0.4 is 4.90 Å². The van der Waals surface area contributed by atoms with E-state index in [1.807, 2.05) is 0 Å². The Hall–Kier alpha value is -8.86. The molecule has 1 aliphatic heterocycles. The largest absolute Gasteiger partial charge is 0.333 e. The van der Waals surface area contributed by atoms with E-state index in [1.165, 1.54) is 111 Å². The van der Waals surface area contributed by atoms with Crippen molar-refractivity contribution in [2.75, 3.05) is 4.90 Å². The van der Waals surface area contributed by atoms with Crippen LogP contribution in [0.5, 0.6) is 0 Å². The highest BCUT2D eigenvalue weighted by atomic mass is 15.2. The Bertz CT molecular complexity index is 4160. The molecule has 71 heavy (non-hydrogen) atoms. The molecule has 4 heterocycles. The maximum absolute atomic E-state index is 2.59. The zero-order valence-corrected chi connectivity index (χ0v) is 39.4. The van der Waals surface area contributed by atoms with E-state index < -0.39 is 0 Å².